The molecular weight excluding hydrogens is 376 g/mol. The lowest BCUT2D eigenvalue weighted by Crippen LogP contribution is -2.50. The quantitative estimate of drug-likeness (QED) is 0.693. The number of benzene rings is 2. The van der Waals surface area contributed by atoms with Gasteiger partial charge in [-0.25, -0.2) is 0 Å². The largest absolute Gasteiger partial charge is 0.358 e. The molecule has 2 aliphatic heterocycles. The van der Waals surface area contributed by atoms with Gasteiger partial charge in [0.15, 0.2) is 0 Å². The molecule has 0 aromatic heterocycles. The second-order valence-electron chi connectivity index (χ2n) is 8.26. The Morgan fingerprint density at radius 1 is 1.20 bits per heavy atom. The van der Waals surface area contributed by atoms with Crippen LogP contribution in [0.4, 0.5) is 11.4 Å². The molecule has 1 fully saturated rings. The van der Waals surface area contributed by atoms with E-state index in [1.165, 1.54) is 5.56 Å². The van der Waals surface area contributed by atoms with Crippen LogP contribution < -0.4 is 15.5 Å². The molecule has 2 aliphatic rings. The van der Waals surface area contributed by atoms with Crippen LogP contribution in [0, 0.1) is 0 Å². The molecule has 2 aromatic rings. The first-order valence-corrected chi connectivity index (χ1v) is 10.8. The van der Waals surface area contributed by atoms with Crippen LogP contribution in [-0.2, 0) is 11.3 Å². The lowest BCUT2D eigenvalue weighted by molar-refractivity contribution is -0.118. The van der Waals surface area contributed by atoms with Gasteiger partial charge in [0.2, 0.25) is 5.91 Å². The zero-order valence-corrected chi connectivity index (χ0v) is 17.6. The second kappa shape index (κ2) is 9.30. The van der Waals surface area contributed by atoms with Crippen LogP contribution in [0.3, 0.4) is 0 Å². The minimum absolute atomic E-state index is 0.0428. The summed E-state index contributed by atoms with van der Waals surface area (Å²) >= 11 is 0. The van der Waals surface area contributed by atoms with Crippen molar-refractivity contribution in [2.75, 3.05) is 36.9 Å². The maximum atomic E-state index is 12.6. The molecule has 4 rings (SSSR count). The van der Waals surface area contributed by atoms with E-state index < -0.39 is 0 Å². The molecule has 6 nitrogen and oxygen atoms in total. The molecule has 2 amide bonds. The Kier molecular flexibility index (Phi) is 6.33. The van der Waals surface area contributed by atoms with Crippen molar-refractivity contribution >= 4 is 23.2 Å². The first-order valence-electron chi connectivity index (χ1n) is 10.8. The Morgan fingerprint density at radius 2 is 2.03 bits per heavy atom. The number of anilines is 2. The van der Waals surface area contributed by atoms with Gasteiger partial charge in [-0.15, -0.1) is 0 Å². The molecule has 0 unspecified atom stereocenters. The van der Waals surface area contributed by atoms with Gasteiger partial charge in [0.25, 0.3) is 5.91 Å². The van der Waals surface area contributed by atoms with Crippen molar-refractivity contribution in [3.63, 3.8) is 0 Å². The molecule has 6 heteroatoms. The maximum Gasteiger partial charge on any atom is 0.251 e. The van der Waals surface area contributed by atoms with Crippen molar-refractivity contribution in [2.24, 2.45) is 0 Å². The minimum atomic E-state index is -0.0986. The number of rotatable bonds is 7. The summed E-state index contributed by atoms with van der Waals surface area (Å²) in [5.41, 5.74) is 3.64. The van der Waals surface area contributed by atoms with E-state index >= 15 is 0 Å². The number of hydrogen-bond acceptors (Lipinski definition) is 4. The highest BCUT2D eigenvalue weighted by atomic mass is 16.2. The van der Waals surface area contributed by atoms with Crippen LogP contribution in [-0.4, -0.2) is 49.4 Å². The fourth-order valence-corrected chi connectivity index (χ4v) is 4.36. The molecule has 2 aromatic carbocycles. The van der Waals surface area contributed by atoms with Gasteiger partial charge in [0.05, 0.1) is 11.4 Å². The molecule has 30 heavy (non-hydrogen) atoms. The van der Waals surface area contributed by atoms with Crippen LogP contribution in [0.15, 0.2) is 48.5 Å². The minimum Gasteiger partial charge on any atom is -0.358 e. The van der Waals surface area contributed by atoms with E-state index in [1.54, 1.807) is 6.07 Å². The van der Waals surface area contributed by atoms with Gasteiger partial charge in [-0.1, -0.05) is 30.3 Å². The number of fused-ring (bicyclic) bond motifs is 3. The van der Waals surface area contributed by atoms with Crippen LogP contribution in [0.5, 0.6) is 0 Å². The predicted molar refractivity (Wildman–Crippen MR) is 120 cm³/mol. The number of carbonyl (C=O) groups excluding carboxylic acids is 2. The monoisotopic (exact) mass is 406 g/mol. The second-order valence-corrected chi connectivity index (χ2v) is 8.26. The highest BCUT2D eigenvalue weighted by molar-refractivity contribution is 6.05. The van der Waals surface area contributed by atoms with E-state index in [0.29, 0.717) is 12.1 Å². The number of carbonyl (C=O) groups is 2. The van der Waals surface area contributed by atoms with Gasteiger partial charge in [0, 0.05) is 25.2 Å². The summed E-state index contributed by atoms with van der Waals surface area (Å²) in [7, 11) is 2.09. The van der Waals surface area contributed by atoms with Gasteiger partial charge in [0.1, 0.15) is 6.04 Å². The van der Waals surface area contributed by atoms with Crippen LogP contribution >= 0.6 is 0 Å². The van der Waals surface area contributed by atoms with Crippen molar-refractivity contribution in [2.45, 2.75) is 38.3 Å². The molecular formula is C24H30N4O2. The fourth-order valence-electron chi connectivity index (χ4n) is 4.36. The molecule has 0 radical (unpaired) electrons. The highest BCUT2D eigenvalue weighted by Crippen LogP contribution is 2.36. The van der Waals surface area contributed by atoms with Crippen molar-refractivity contribution in [3.05, 3.63) is 59.7 Å². The summed E-state index contributed by atoms with van der Waals surface area (Å²) in [6.07, 6.45) is 3.97. The average molecular weight is 407 g/mol. The summed E-state index contributed by atoms with van der Waals surface area (Å²) in [5, 5.41) is 5.99. The summed E-state index contributed by atoms with van der Waals surface area (Å²) in [6, 6.07) is 15.9. The molecule has 1 saturated heterocycles. The first kappa shape index (κ1) is 20.4. The predicted octanol–water partition coefficient (Wildman–Crippen LogP) is 3.25. The van der Waals surface area contributed by atoms with Gasteiger partial charge >= 0.3 is 0 Å². The smallest absolute Gasteiger partial charge is 0.251 e. The Labute approximate surface area is 178 Å². The third-order valence-electron chi connectivity index (χ3n) is 5.93. The van der Waals surface area contributed by atoms with E-state index in [1.807, 2.05) is 18.2 Å². The molecule has 0 bridgehead atoms. The topological polar surface area (TPSA) is 64.7 Å². The van der Waals surface area contributed by atoms with Crippen molar-refractivity contribution in [3.8, 4) is 0 Å². The van der Waals surface area contributed by atoms with Crippen molar-refractivity contribution in [1.82, 2.24) is 10.2 Å². The standard InChI is InChI=1S/C24H30N4O2/c1-27(17-18-8-3-2-4-9-18)14-7-13-25-23(29)19-11-12-21-20(16-19)26-24(30)22-10-5-6-15-28(21)22/h2-4,8-9,11-12,16,22H,5-7,10,13-15,17H2,1H3,(H,25,29)(H,26,30)/t22-/m0/s1. The zero-order valence-electron chi connectivity index (χ0n) is 17.6. The molecule has 0 saturated carbocycles. The number of nitrogens with one attached hydrogen (secondary N) is 2. The van der Waals surface area contributed by atoms with Crippen molar-refractivity contribution < 1.29 is 9.59 Å². The Morgan fingerprint density at radius 3 is 2.87 bits per heavy atom. The average Bonchev–Trinajstić information content (AvgIpc) is 2.77. The fraction of sp³-hybridized carbons (Fsp3) is 0.417. The van der Waals surface area contributed by atoms with Crippen LogP contribution in [0.2, 0.25) is 0 Å². The summed E-state index contributed by atoms with van der Waals surface area (Å²) in [4.78, 5) is 29.4. The Hall–Kier alpha value is -2.86. The summed E-state index contributed by atoms with van der Waals surface area (Å²) in [6.45, 7) is 3.32. The van der Waals surface area contributed by atoms with Crippen LogP contribution in [0.25, 0.3) is 0 Å². The molecule has 0 aliphatic carbocycles. The van der Waals surface area contributed by atoms with E-state index in [-0.39, 0.29) is 17.9 Å². The van der Waals surface area contributed by atoms with E-state index in [4.69, 9.17) is 0 Å². The molecule has 2 N–H and O–H groups in total. The third kappa shape index (κ3) is 4.65. The molecule has 1 atom stereocenters. The summed E-state index contributed by atoms with van der Waals surface area (Å²) in [5.74, 6) is -0.0558. The Balaban J connectivity index is 1.28. The van der Waals surface area contributed by atoms with E-state index in [9.17, 15) is 9.59 Å². The Bertz CT molecular complexity index is 899. The highest BCUT2D eigenvalue weighted by Gasteiger charge is 2.34. The van der Waals surface area contributed by atoms with E-state index in [0.717, 1.165) is 56.7 Å². The molecule has 2 heterocycles. The lowest BCUT2D eigenvalue weighted by Gasteiger charge is -2.41. The van der Waals surface area contributed by atoms with E-state index in [2.05, 4.69) is 51.7 Å². The van der Waals surface area contributed by atoms with Gasteiger partial charge in [-0.05, 0) is 63.0 Å². The SMILES string of the molecule is CN(CCCNC(=O)c1ccc2c(c1)NC(=O)[C@@H]1CCCCN21)Cc1ccccc1. The third-order valence-corrected chi connectivity index (χ3v) is 5.93. The van der Waals surface area contributed by atoms with Gasteiger partial charge in [-0.3, -0.25) is 9.59 Å². The lowest BCUT2D eigenvalue weighted by atomic mass is 9.97. The maximum absolute atomic E-state index is 12.6. The van der Waals surface area contributed by atoms with Crippen molar-refractivity contribution in [1.29, 1.82) is 0 Å². The number of hydrogen-bond donors (Lipinski definition) is 2. The molecule has 0 spiro atoms. The van der Waals surface area contributed by atoms with Gasteiger partial charge < -0.3 is 20.4 Å². The first-order chi connectivity index (χ1) is 14.6. The zero-order chi connectivity index (χ0) is 20.9. The van der Waals surface area contributed by atoms with Gasteiger partial charge in [-0.2, -0.15) is 0 Å². The number of piperidine rings is 1. The number of amides is 2. The van der Waals surface area contributed by atoms with Crippen LogP contribution in [0.1, 0.15) is 41.6 Å². The molecule has 158 valence electrons. The normalized spacial score (nSPS) is 17.9. The summed E-state index contributed by atoms with van der Waals surface area (Å²) < 4.78 is 0. The number of nitrogens with zero attached hydrogens (tertiary/aromatic N) is 2.